The molecule has 0 aliphatic carbocycles. The largest absolute Gasteiger partial charge is 0.477 e. The van der Waals surface area contributed by atoms with E-state index in [2.05, 4.69) is 5.10 Å². The van der Waals surface area contributed by atoms with E-state index in [-0.39, 0.29) is 11.1 Å². The van der Waals surface area contributed by atoms with Crippen LogP contribution in [0.4, 0.5) is 0 Å². The van der Waals surface area contributed by atoms with Gasteiger partial charge in [-0.25, -0.2) is 9.48 Å². The SMILES string of the molecule is Cn1c(=O)c(C(=O)O)cc2cnn(C(C)(C)C)c21. The van der Waals surface area contributed by atoms with Gasteiger partial charge in [-0.15, -0.1) is 0 Å². The molecule has 0 atom stereocenters. The molecule has 6 heteroatoms. The van der Waals surface area contributed by atoms with E-state index >= 15 is 0 Å². The van der Waals surface area contributed by atoms with Gasteiger partial charge in [0.1, 0.15) is 11.2 Å². The normalized spacial score (nSPS) is 12.0. The summed E-state index contributed by atoms with van der Waals surface area (Å²) in [7, 11) is 1.56. The van der Waals surface area contributed by atoms with Crippen molar-refractivity contribution in [2.24, 2.45) is 7.05 Å². The third-order valence-electron chi connectivity index (χ3n) is 2.79. The van der Waals surface area contributed by atoms with Crippen molar-refractivity contribution in [3.05, 3.63) is 28.2 Å². The lowest BCUT2D eigenvalue weighted by molar-refractivity contribution is 0.0694. The van der Waals surface area contributed by atoms with Crippen LogP contribution in [0.5, 0.6) is 0 Å². The highest BCUT2D eigenvalue weighted by molar-refractivity contribution is 5.91. The smallest absolute Gasteiger partial charge is 0.341 e. The number of carboxylic acids is 1. The Morgan fingerprint density at radius 3 is 2.50 bits per heavy atom. The number of hydrogen-bond donors (Lipinski definition) is 1. The lowest BCUT2D eigenvalue weighted by Gasteiger charge is -2.21. The molecule has 0 aliphatic heterocycles. The average molecular weight is 249 g/mol. The van der Waals surface area contributed by atoms with E-state index < -0.39 is 11.5 Å². The van der Waals surface area contributed by atoms with Crippen molar-refractivity contribution in [1.82, 2.24) is 14.3 Å². The van der Waals surface area contributed by atoms with Crippen molar-refractivity contribution in [3.8, 4) is 0 Å². The molecule has 0 unspecified atom stereocenters. The highest BCUT2D eigenvalue weighted by Gasteiger charge is 2.21. The Labute approximate surface area is 103 Å². The number of hydrogen-bond acceptors (Lipinski definition) is 3. The first kappa shape index (κ1) is 12.3. The van der Waals surface area contributed by atoms with E-state index in [1.807, 2.05) is 20.8 Å². The van der Waals surface area contributed by atoms with Gasteiger partial charge in [0.15, 0.2) is 0 Å². The number of carbonyl (C=O) groups is 1. The van der Waals surface area contributed by atoms with Gasteiger partial charge in [0, 0.05) is 12.4 Å². The lowest BCUT2D eigenvalue weighted by Crippen LogP contribution is -2.29. The molecule has 2 aromatic rings. The van der Waals surface area contributed by atoms with E-state index in [4.69, 9.17) is 5.11 Å². The van der Waals surface area contributed by atoms with Gasteiger partial charge >= 0.3 is 5.97 Å². The second kappa shape index (κ2) is 3.69. The van der Waals surface area contributed by atoms with Crippen LogP contribution in [0.2, 0.25) is 0 Å². The van der Waals surface area contributed by atoms with Crippen LogP contribution < -0.4 is 5.56 Å². The third kappa shape index (κ3) is 1.70. The van der Waals surface area contributed by atoms with Crippen LogP contribution in [0, 0.1) is 0 Å². The molecular weight excluding hydrogens is 234 g/mol. The van der Waals surface area contributed by atoms with Gasteiger partial charge in [0.2, 0.25) is 0 Å². The Bertz CT molecular complexity index is 689. The molecule has 0 saturated carbocycles. The van der Waals surface area contributed by atoms with E-state index in [1.54, 1.807) is 17.9 Å². The molecule has 0 spiro atoms. The summed E-state index contributed by atoms with van der Waals surface area (Å²) in [5.74, 6) is -1.22. The van der Waals surface area contributed by atoms with E-state index in [1.165, 1.54) is 10.6 Å². The number of pyridine rings is 1. The van der Waals surface area contributed by atoms with Crippen molar-refractivity contribution in [1.29, 1.82) is 0 Å². The third-order valence-corrected chi connectivity index (χ3v) is 2.79. The highest BCUT2D eigenvalue weighted by Crippen LogP contribution is 2.20. The molecule has 0 bridgehead atoms. The van der Waals surface area contributed by atoms with Gasteiger partial charge in [0.05, 0.1) is 11.7 Å². The lowest BCUT2D eigenvalue weighted by atomic mass is 10.1. The number of carboxylic acid groups (broad SMARTS) is 1. The quantitative estimate of drug-likeness (QED) is 0.823. The van der Waals surface area contributed by atoms with Gasteiger partial charge in [0.25, 0.3) is 5.56 Å². The van der Waals surface area contributed by atoms with Crippen LogP contribution in [-0.2, 0) is 12.6 Å². The van der Waals surface area contributed by atoms with Crippen LogP contribution >= 0.6 is 0 Å². The fourth-order valence-electron chi connectivity index (χ4n) is 1.93. The highest BCUT2D eigenvalue weighted by atomic mass is 16.4. The first-order chi connectivity index (χ1) is 8.23. The van der Waals surface area contributed by atoms with E-state index in [0.29, 0.717) is 11.0 Å². The number of aromatic nitrogens is 3. The molecular formula is C12H15N3O3. The molecule has 18 heavy (non-hydrogen) atoms. The van der Waals surface area contributed by atoms with Crippen LogP contribution in [0.15, 0.2) is 17.1 Å². The summed E-state index contributed by atoms with van der Waals surface area (Å²) in [4.78, 5) is 22.9. The maximum atomic E-state index is 11.9. The molecule has 6 nitrogen and oxygen atoms in total. The Hall–Kier alpha value is -2.11. The number of aromatic carboxylic acids is 1. The van der Waals surface area contributed by atoms with Gasteiger partial charge in [-0.2, -0.15) is 5.10 Å². The Morgan fingerprint density at radius 2 is 2.00 bits per heavy atom. The van der Waals surface area contributed by atoms with Gasteiger partial charge in [-0.1, -0.05) is 0 Å². The molecule has 0 aromatic carbocycles. The first-order valence-corrected chi connectivity index (χ1v) is 5.55. The Kier molecular flexibility index (Phi) is 2.53. The minimum absolute atomic E-state index is 0.238. The van der Waals surface area contributed by atoms with Gasteiger partial charge in [-0.05, 0) is 26.8 Å². The minimum atomic E-state index is -1.22. The molecule has 0 amide bonds. The topological polar surface area (TPSA) is 77.1 Å². The summed E-state index contributed by atoms with van der Waals surface area (Å²) < 4.78 is 3.05. The van der Waals surface area contributed by atoms with Gasteiger partial charge in [-0.3, -0.25) is 9.36 Å². The van der Waals surface area contributed by atoms with Crippen LogP contribution in [-0.4, -0.2) is 25.4 Å². The van der Waals surface area contributed by atoms with Crippen molar-refractivity contribution in [3.63, 3.8) is 0 Å². The number of nitrogens with zero attached hydrogens (tertiary/aromatic N) is 3. The van der Waals surface area contributed by atoms with Gasteiger partial charge < -0.3 is 5.11 Å². The maximum absolute atomic E-state index is 11.9. The molecule has 0 saturated heterocycles. The molecule has 0 fully saturated rings. The predicted octanol–water partition coefficient (Wildman–Crippen LogP) is 1.19. The molecule has 2 heterocycles. The fourth-order valence-corrected chi connectivity index (χ4v) is 1.93. The second-order valence-electron chi connectivity index (χ2n) is 5.23. The first-order valence-electron chi connectivity index (χ1n) is 5.55. The molecule has 0 aliphatic rings. The fraction of sp³-hybridized carbons (Fsp3) is 0.417. The zero-order chi connectivity index (χ0) is 13.7. The molecule has 96 valence electrons. The molecule has 1 N–H and O–H groups in total. The van der Waals surface area contributed by atoms with Crippen molar-refractivity contribution < 1.29 is 9.90 Å². The summed E-state index contributed by atoms with van der Waals surface area (Å²) in [6.07, 6.45) is 1.58. The molecule has 0 radical (unpaired) electrons. The van der Waals surface area contributed by atoms with Crippen molar-refractivity contribution >= 4 is 17.0 Å². The Morgan fingerprint density at radius 1 is 1.39 bits per heavy atom. The summed E-state index contributed by atoms with van der Waals surface area (Å²) in [5, 5.41) is 13.9. The monoisotopic (exact) mass is 249 g/mol. The van der Waals surface area contributed by atoms with Crippen LogP contribution in [0.1, 0.15) is 31.1 Å². The van der Waals surface area contributed by atoms with Crippen LogP contribution in [0.3, 0.4) is 0 Å². The van der Waals surface area contributed by atoms with Crippen molar-refractivity contribution in [2.75, 3.05) is 0 Å². The zero-order valence-corrected chi connectivity index (χ0v) is 10.8. The predicted molar refractivity (Wildman–Crippen MR) is 66.9 cm³/mol. The summed E-state index contributed by atoms with van der Waals surface area (Å²) in [6, 6.07) is 1.37. The minimum Gasteiger partial charge on any atom is -0.477 e. The van der Waals surface area contributed by atoms with E-state index in [9.17, 15) is 9.59 Å². The van der Waals surface area contributed by atoms with E-state index in [0.717, 1.165) is 0 Å². The molecule has 2 aromatic heterocycles. The average Bonchev–Trinajstić information content (AvgIpc) is 2.66. The summed E-state index contributed by atoms with van der Waals surface area (Å²) in [6.45, 7) is 5.90. The summed E-state index contributed by atoms with van der Waals surface area (Å²) in [5.41, 5.74) is -0.423. The number of rotatable bonds is 1. The Balaban J connectivity index is 2.91. The standard InChI is InChI=1S/C12H15N3O3/c1-12(2,3)15-9-7(6-13-15)5-8(11(17)18)10(16)14(9)4/h5-6H,1-4H3,(H,17,18). The number of aryl methyl sites for hydroxylation is 1. The molecule has 2 rings (SSSR count). The van der Waals surface area contributed by atoms with Crippen LogP contribution in [0.25, 0.3) is 11.0 Å². The summed E-state index contributed by atoms with van der Waals surface area (Å²) >= 11 is 0. The zero-order valence-electron chi connectivity index (χ0n) is 10.8. The second-order valence-corrected chi connectivity index (χ2v) is 5.23. The van der Waals surface area contributed by atoms with Crippen molar-refractivity contribution in [2.45, 2.75) is 26.3 Å². The maximum Gasteiger partial charge on any atom is 0.341 e. The number of fused-ring (bicyclic) bond motifs is 1.